The van der Waals surface area contributed by atoms with E-state index in [1.54, 1.807) is 6.92 Å². The second-order valence-corrected chi connectivity index (χ2v) is 4.98. The minimum Gasteiger partial charge on any atom is -0.461 e. The first-order valence-electron chi connectivity index (χ1n) is 6.43. The Balaban J connectivity index is 1.90. The molecule has 3 rings (SSSR count). The number of furan rings is 1. The van der Waals surface area contributed by atoms with Crippen LogP contribution in [0.5, 0.6) is 0 Å². The van der Waals surface area contributed by atoms with Crippen molar-refractivity contribution in [3.8, 4) is 11.3 Å². The lowest BCUT2D eigenvalue weighted by Crippen LogP contribution is -1.93. The van der Waals surface area contributed by atoms with Crippen molar-refractivity contribution < 1.29 is 9.21 Å². The fourth-order valence-corrected chi connectivity index (χ4v) is 2.60. The van der Waals surface area contributed by atoms with Crippen LogP contribution in [0.15, 0.2) is 34.7 Å². The van der Waals surface area contributed by atoms with Gasteiger partial charge in [-0.2, -0.15) is 0 Å². The normalized spacial score (nSPS) is 13.6. The minimum atomic E-state index is 0.129. The van der Waals surface area contributed by atoms with Crippen LogP contribution in [0.25, 0.3) is 11.3 Å². The van der Waals surface area contributed by atoms with E-state index in [2.05, 4.69) is 18.2 Å². The molecule has 0 aliphatic heterocycles. The third-order valence-corrected chi connectivity index (χ3v) is 3.47. The molecule has 2 nitrogen and oxygen atoms in total. The van der Waals surface area contributed by atoms with Gasteiger partial charge in [-0.25, -0.2) is 0 Å². The Bertz CT molecular complexity index is 593. The molecule has 0 saturated carbocycles. The Kier molecular flexibility index (Phi) is 2.78. The first kappa shape index (κ1) is 11.3. The number of benzene rings is 1. The monoisotopic (exact) mass is 240 g/mol. The Labute approximate surface area is 107 Å². The van der Waals surface area contributed by atoms with Crippen molar-refractivity contribution in [2.75, 3.05) is 0 Å². The van der Waals surface area contributed by atoms with E-state index in [4.69, 9.17) is 4.42 Å². The molecule has 0 bridgehead atoms. The second kappa shape index (κ2) is 4.45. The summed E-state index contributed by atoms with van der Waals surface area (Å²) in [5.74, 6) is 1.74. The lowest BCUT2D eigenvalue weighted by atomic mass is 10.1. The highest BCUT2D eigenvalue weighted by Crippen LogP contribution is 2.29. The number of hydrogen-bond donors (Lipinski definition) is 0. The van der Waals surface area contributed by atoms with Gasteiger partial charge in [0.1, 0.15) is 17.3 Å². The van der Waals surface area contributed by atoms with Crippen molar-refractivity contribution in [2.24, 2.45) is 0 Å². The summed E-state index contributed by atoms with van der Waals surface area (Å²) in [6, 6.07) is 10.4. The molecule has 92 valence electrons. The van der Waals surface area contributed by atoms with E-state index >= 15 is 0 Å². The number of aryl methyl sites for hydroxylation is 2. The van der Waals surface area contributed by atoms with Crippen LogP contribution >= 0.6 is 0 Å². The number of carbonyl (C=O) groups is 1. The predicted molar refractivity (Wildman–Crippen MR) is 70.6 cm³/mol. The summed E-state index contributed by atoms with van der Waals surface area (Å²) in [7, 11) is 0. The van der Waals surface area contributed by atoms with Gasteiger partial charge >= 0.3 is 0 Å². The van der Waals surface area contributed by atoms with Crippen LogP contribution < -0.4 is 0 Å². The SMILES string of the molecule is CC(=O)Cc1ccc(-c2ccc3c(c2)CCC3)o1. The molecule has 1 heterocycles. The zero-order chi connectivity index (χ0) is 12.5. The average molecular weight is 240 g/mol. The van der Waals surface area contributed by atoms with Crippen LogP contribution in [0, 0.1) is 0 Å². The molecule has 0 N–H and O–H groups in total. The summed E-state index contributed by atoms with van der Waals surface area (Å²) in [4.78, 5) is 11.1. The Hall–Kier alpha value is -1.83. The largest absolute Gasteiger partial charge is 0.461 e. The quantitative estimate of drug-likeness (QED) is 0.821. The standard InChI is InChI=1S/C16H16O2/c1-11(17)9-15-7-8-16(18-15)14-6-5-12-3-2-4-13(12)10-14/h5-8,10H,2-4,9H2,1H3. The van der Waals surface area contributed by atoms with Crippen LogP contribution in [0.2, 0.25) is 0 Å². The fraction of sp³-hybridized carbons (Fsp3) is 0.312. The maximum Gasteiger partial charge on any atom is 0.137 e. The molecule has 0 spiro atoms. The zero-order valence-electron chi connectivity index (χ0n) is 10.5. The number of hydrogen-bond acceptors (Lipinski definition) is 2. The molecule has 0 amide bonds. The third-order valence-electron chi connectivity index (χ3n) is 3.47. The van der Waals surface area contributed by atoms with Gasteiger partial charge in [0, 0.05) is 5.56 Å². The number of ketones is 1. The third kappa shape index (κ3) is 2.10. The highest BCUT2D eigenvalue weighted by atomic mass is 16.3. The lowest BCUT2D eigenvalue weighted by Gasteiger charge is -2.02. The Morgan fingerprint density at radius 3 is 2.83 bits per heavy atom. The maximum atomic E-state index is 11.1. The number of Topliss-reactive ketones (excluding diaryl/α,β-unsaturated/α-hetero) is 1. The molecular weight excluding hydrogens is 224 g/mol. The Morgan fingerprint density at radius 2 is 2.00 bits per heavy atom. The highest BCUT2D eigenvalue weighted by molar-refractivity contribution is 5.77. The molecule has 2 aromatic rings. The summed E-state index contributed by atoms with van der Waals surface area (Å²) in [5.41, 5.74) is 4.02. The molecule has 1 aliphatic carbocycles. The van der Waals surface area contributed by atoms with Crippen LogP contribution in [0.3, 0.4) is 0 Å². The van der Waals surface area contributed by atoms with Crippen molar-refractivity contribution in [1.82, 2.24) is 0 Å². The second-order valence-electron chi connectivity index (χ2n) is 4.98. The van der Waals surface area contributed by atoms with E-state index in [1.807, 2.05) is 12.1 Å². The molecular formula is C16H16O2. The zero-order valence-corrected chi connectivity index (χ0v) is 10.5. The van der Waals surface area contributed by atoms with Crippen LogP contribution in [0.4, 0.5) is 0 Å². The minimum absolute atomic E-state index is 0.129. The summed E-state index contributed by atoms with van der Waals surface area (Å²) >= 11 is 0. The number of rotatable bonds is 3. The van der Waals surface area contributed by atoms with E-state index < -0.39 is 0 Å². The van der Waals surface area contributed by atoms with Gasteiger partial charge in [0.2, 0.25) is 0 Å². The van der Waals surface area contributed by atoms with Gasteiger partial charge in [-0.1, -0.05) is 12.1 Å². The highest BCUT2D eigenvalue weighted by Gasteiger charge is 2.13. The van der Waals surface area contributed by atoms with Crippen molar-refractivity contribution in [2.45, 2.75) is 32.6 Å². The van der Waals surface area contributed by atoms with Gasteiger partial charge in [0.05, 0.1) is 6.42 Å². The molecule has 1 aromatic carbocycles. The van der Waals surface area contributed by atoms with E-state index in [9.17, 15) is 4.79 Å². The average Bonchev–Trinajstić information content (AvgIpc) is 2.95. The maximum absolute atomic E-state index is 11.1. The summed E-state index contributed by atoms with van der Waals surface area (Å²) in [5, 5.41) is 0. The number of carbonyl (C=O) groups excluding carboxylic acids is 1. The molecule has 0 fully saturated rings. The smallest absolute Gasteiger partial charge is 0.137 e. The summed E-state index contributed by atoms with van der Waals surface area (Å²) in [6.45, 7) is 1.58. The van der Waals surface area contributed by atoms with Gasteiger partial charge < -0.3 is 4.42 Å². The van der Waals surface area contributed by atoms with Crippen molar-refractivity contribution in [1.29, 1.82) is 0 Å². The van der Waals surface area contributed by atoms with Gasteiger partial charge in [0.25, 0.3) is 0 Å². The topological polar surface area (TPSA) is 30.2 Å². The summed E-state index contributed by atoms with van der Waals surface area (Å²) < 4.78 is 5.72. The van der Waals surface area contributed by atoms with E-state index in [-0.39, 0.29) is 5.78 Å². The van der Waals surface area contributed by atoms with Gasteiger partial charge in [-0.3, -0.25) is 4.79 Å². The van der Waals surface area contributed by atoms with Crippen molar-refractivity contribution >= 4 is 5.78 Å². The molecule has 1 aromatic heterocycles. The first-order valence-corrected chi connectivity index (χ1v) is 6.43. The molecule has 2 heteroatoms. The fourth-order valence-electron chi connectivity index (χ4n) is 2.60. The molecule has 0 unspecified atom stereocenters. The number of fused-ring (bicyclic) bond motifs is 1. The molecule has 0 saturated heterocycles. The van der Waals surface area contributed by atoms with E-state index in [1.165, 1.54) is 30.4 Å². The van der Waals surface area contributed by atoms with Crippen LogP contribution in [-0.4, -0.2) is 5.78 Å². The molecule has 18 heavy (non-hydrogen) atoms. The molecule has 0 radical (unpaired) electrons. The van der Waals surface area contributed by atoms with Gasteiger partial charge in [-0.15, -0.1) is 0 Å². The van der Waals surface area contributed by atoms with E-state index in [0.29, 0.717) is 6.42 Å². The van der Waals surface area contributed by atoms with E-state index in [0.717, 1.165) is 17.1 Å². The van der Waals surface area contributed by atoms with Gasteiger partial charge in [0.15, 0.2) is 0 Å². The Morgan fingerprint density at radius 1 is 1.17 bits per heavy atom. The van der Waals surface area contributed by atoms with Crippen molar-refractivity contribution in [3.05, 3.63) is 47.2 Å². The lowest BCUT2D eigenvalue weighted by molar-refractivity contribution is -0.116. The molecule has 0 atom stereocenters. The van der Waals surface area contributed by atoms with Crippen LogP contribution in [0.1, 0.15) is 30.2 Å². The summed E-state index contributed by atoms with van der Waals surface area (Å²) in [6.07, 6.45) is 4.00. The molecule has 1 aliphatic rings. The van der Waals surface area contributed by atoms with Crippen LogP contribution in [-0.2, 0) is 24.1 Å². The first-order chi connectivity index (χ1) is 8.72. The predicted octanol–water partition coefficient (Wildman–Crippen LogP) is 3.57. The van der Waals surface area contributed by atoms with Crippen molar-refractivity contribution in [3.63, 3.8) is 0 Å². The van der Waals surface area contributed by atoms with Gasteiger partial charge in [-0.05, 0) is 55.5 Å².